The summed E-state index contributed by atoms with van der Waals surface area (Å²) in [5.41, 5.74) is 1.35. The number of hydrogen-bond donors (Lipinski definition) is 1. The first-order valence-corrected chi connectivity index (χ1v) is 9.57. The van der Waals surface area contributed by atoms with Crippen molar-refractivity contribution in [3.8, 4) is 0 Å². The Morgan fingerprint density at radius 3 is 2.37 bits per heavy atom. The highest BCUT2D eigenvalue weighted by Gasteiger charge is 2.22. The van der Waals surface area contributed by atoms with E-state index < -0.39 is 5.91 Å². The van der Waals surface area contributed by atoms with E-state index in [9.17, 15) is 9.59 Å². The number of anilines is 1. The maximum absolute atomic E-state index is 12.4. The van der Waals surface area contributed by atoms with Gasteiger partial charge < -0.3 is 19.7 Å². The van der Waals surface area contributed by atoms with E-state index in [2.05, 4.69) is 10.2 Å². The molecule has 2 heterocycles. The van der Waals surface area contributed by atoms with Gasteiger partial charge in [-0.2, -0.15) is 0 Å². The Balaban J connectivity index is 1.51. The van der Waals surface area contributed by atoms with Crippen molar-refractivity contribution in [2.75, 3.05) is 37.6 Å². The molecule has 0 bridgehead atoms. The third-order valence-electron chi connectivity index (χ3n) is 4.55. The average molecular weight is 430 g/mol. The molecule has 1 N–H and O–H groups in total. The fraction of sp³-hybridized carbons (Fsp3) is 0.333. The van der Waals surface area contributed by atoms with Crippen LogP contribution >= 0.6 is 34.8 Å². The van der Waals surface area contributed by atoms with Crippen LogP contribution in [0.4, 0.5) is 5.69 Å². The Morgan fingerprint density at radius 1 is 1.07 bits per heavy atom. The van der Waals surface area contributed by atoms with Crippen LogP contribution in [0.15, 0.2) is 30.3 Å². The smallest absolute Gasteiger partial charge is 0.268 e. The first-order valence-electron chi connectivity index (χ1n) is 8.44. The minimum absolute atomic E-state index is 0.0730. The van der Waals surface area contributed by atoms with Crippen LogP contribution < -0.4 is 10.2 Å². The highest BCUT2D eigenvalue weighted by Crippen LogP contribution is 2.25. The molecule has 1 aromatic heterocycles. The summed E-state index contributed by atoms with van der Waals surface area (Å²) in [6.07, 6.45) is 0. The molecule has 1 fully saturated rings. The molecular formula is C18H19Cl3N4O2. The molecule has 1 aromatic carbocycles. The number of aromatic nitrogens is 1. The molecule has 1 aliphatic heterocycles. The van der Waals surface area contributed by atoms with E-state index >= 15 is 0 Å². The topological polar surface area (TPSA) is 57.6 Å². The van der Waals surface area contributed by atoms with E-state index in [0.717, 1.165) is 5.69 Å². The minimum Gasteiger partial charge on any atom is -0.368 e. The number of nitrogens with one attached hydrogen (secondary N) is 1. The second kappa shape index (κ2) is 8.42. The van der Waals surface area contributed by atoms with Gasteiger partial charge in [0.25, 0.3) is 5.91 Å². The van der Waals surface area contributed by atoms with Crippen LogP contribution in [0.5, 0.6) is 0 Å². The molecule has 0 saturated carbocycles. The molecule has 1 aliphatic rings. The standard InChI is InChI=1S/C18H19Cl3N4O2/c1-23-15(10-14(20)17(23)21)18(27)22-11-16(26)25-7-5-24(6-8-25)13-4-2-3-12(19)9-13/h2-4,9-10H,5-8,11H2,1H3,(H,22,27). The summed E-state index contributed by atoms with van der Waals surface area (Å²) in [5.74, 6) is -0.516. The molecule has 1 saturated heterocycles. The Hall–Kier alpha value is -1.89. The highest BCUT2D eigenvalue weighted by molar-refractivity contribution is 6.41. The summed E-state index contributed by atoms with van der Waals surface area (Å²) >= 11 is 17.9. The van der Waals surface area contributed by atoms with Crippen LogP contribution in [-0.2, 0) is 11.8 Å². The van der Waals surface area contributed by atoms with Gasteiger partial charge in [0.15, 0.2) is 0 Å². The lowest BCUT2D eigenvalue weighted by molar-refractivity contribution is -0.130. The van der Waals surface area contributed by atoms with E-state index in [1.165, 1.54) is 10.6 Å². The summed E-state index contributed by atoms with van der Waals surface area (Å²) in [7, 11) is 1.64. The number of amides is 2. The van der Waals surface area contributed by atoms with Crippen molar-refractivity contribution >= 4 is 52.3 Å². The third-order valence-corrected chi connectivity index (χ3v) is 5.63. The second-order valence-electron chi connectivity index (χ2n) is 6.26. The largest absolute Gasteiger partial charge is 0.368 e. The SMILES string of the molecule is Cn1c(C(=O)NCC(=O)N2CCN(c3cccc(Cl)c3)CC2)cc(Cl)c1Cl. The lowest BCUT2D eigenvalue weighted by Crippen LogP contribution is -2.51. The van der Waals surface area contributed by atoms with Crippen molar-refractivity contribution in [3.63, 3.8) is 0 Å². The zero-order chi connectivity index (χ0) is 19.6. The third kappa shape index (κ3) is 4.51. The average Bonchev–Trinajstić information content (AvgIpc) is 2.93. The zero-order valence-corrected chi connectivity index (χ0v) is 17.0. The lowest BCUT2D eigenvalue weighted by Gasteiger charge is -2.36. The van der Waals surface area contributed by atoms with Crippen molar-refractivity contribution in [2.45, 2.75) is 0 Å². The van der Waals surface area contributed by atoms with Gasteiger partial charge >= 0.3 is 0 Å². The Kier molecular flexibility index (Phi) is 6.19. The number of benzene rings is 1. The summed E-state index contributed by atoms with van der Waals surface area (Å²) in [4.78, 5) is 28.6. The van der Waals surface area contributed by atoms with E-state index in [0.29, 0.717) is 41.9 Å². The number of rotatable bonds is 4. The summed E-state index contributed by atoms with van der Waals surface area (Å²) < 4.78 is 1.48. The molecule has 0 unspecified atom stereocenters. The van der Waals surface area contributed by atoms with Gasteiger partial charge in [-0.05, 0) is 24.3 Å². The monoisotopic (exact) mass is 428 g/mol. The normalized spacial score (nSPS) is 14.4. The lowest BCUT2D eigenvalue weighted by atomic mass is 10.2. The number of piperazine rings is 1. The van der Waals surface area contributed by atoms with Crippen molar-refractivity contribution < 1.29 is 9.59 Å². The van der Waals surface area contributed by atoms with Crippen molar-refractivity contribution in [1.82, 2.24) is 14.8 Å². The Labute approximate surface area is 172 Å². The Bertz CT molecular complexity index is 860. The molecule has 0 aliphatic carbocycles. The van der Waals surface area contributed by atoms with Crippen LogP contribution in [0.3, 0.4) is 0 Å². The maximum Gasteiger partial charge on any atom is 0.268 e. The van der Waals surface area contributed by atoms with Crippen LogP contribution in [-0.4, -0.2) is 54.0 Å². The summed E-state index contributed by atoms with van der Waals surface area (Å²) in [6, 6.07) is 9.13. The predicted octanol–water partition coefficient (Wildman–Crippen LogP) is 3.06. The molecule has 27 heavy (non-hydrogen) atoms. The van der Waals surface area contributed by atoms with Gasteiger partial charge in [0.05, 0.1) is 11.6 Å². The number of nitrogens with zero attached hydrogens (tertiary/aromatic N) is 3. The minimum atomic E-state index is -0.391. The first-order chi connectivity index (χ1) is 12.9. The predicted molar refractivity (Wildman–Crippen MR) is 108 cm³/mol. The molecule has 2 amide bonds. The van der Waals surface area contributed by atoms with E-state index in [1.807, 2.05) is 24.3 Å². The van der Waals surface area contributed by atoms with Crippen LogP contribution in [0.25, 0.3) is 0 Å². The Morgan fingerprint density at radius 2 is 1.78 bits per heavy atom. The van der Waals surface area contributed by atoms with Crippen molar-refractivity contribution in [1.29, 1.82) is 0 Å². The molecule has 6 nitrogen and oxygen atoms in total. The van der Waals surface area contributed by atoms with Gasteiger partial charge in [-0.25, -0.2) is 0 Å². The van der Waals surface area contributed by atoms with Gasteiger partial charge in [-0.1, -0.05) is 40.9 Å². The quantitative estimate of drug-likeness (QED) is 0.813. The fourth-order valence-electron chi connectivity index (χ4n) is 3.01. The number of halogens is 3. The van der Waals surface area contributed by atoms with Gasteiger partial charge in [-0.3, -0.25) is 9.59 Å². The van der Waals surface area contributed by atoms with Gasteiger partial charge in [-0.15, -0.1) is 0 Å². The molecule has 144 valence electrons. The maximum atomic E-state index is 12.4. The summed E-state index contributed by atoms with van der Waals surface area (Å²) in [6.45, 7) is 2.52. The highest BCUT2D eigenvalue weighted by atomic mass is 35.5. The first kappa shape index (κ1) is 19.9. The van der Waals surface area contributed by atoms with Crippen molar-refractivity contribution in [2.24, 2.45) is 7.05 Å². The van der Waals surface area contributed by atoms with Gasteiger partial charge in [0, 0.05) is 43.9 Å². The second-order valence-corrected chi connectivity index (χ2v) is 7.46. The summed E-state index contributed by atoms with van der Waals surface area (Å²) in [5, 5.41) is 3.90. The molecule has 0 spiro atoms. The fourth-order valence-corrected chi connectivity index (χ4v) is 3.57. The van der Waals surface area contributed by atoms with Crippen LogP contribution in [0, 0.1) is 0 Å². The number of carbonyl (C=O) groups excluding carboxylic acids is 2. The molecule has 0 radical (unpaired) electrons. The van der Waals surface area contributed by atoms with Gasteiger partial charge in [0.1, 0.15) is 10.8 Å². The van der Waals surface area contributed by atoms with E-state index in [1.54, 1.807) is 11.9 Å². The molecule has 2 aromatic rings. The van der Waals surface area contributed by atoms with Crippen LogP contribution in [0.1, 0.15) is 10.5 Å². The number of hydrogen-bond acceptors (Lipinski definition) is 3. The van der Waals surface area contributed by atoms with E-state index in [-0.39, 0.29) is 17.6 Å². The number of carbonyl (C=O) groups is 2. The van der Waals surface area contributed by atoms with Crippen molar-refractivity contribution in [3.05, 3.63) is 51.2 Å². The molecule has 0 atom stereocenters. The zero-order valence-electron chi connectivity index (χ0n) is 14.7. The molecule has 9 heteroatoms. The van der Waals surface area contributed by atoms with E-state index in [4.69, 9.17) is 34.8 Å². The molecular weight excluding hydrogens is 411 g/mol. The van der Waals surface area contributed by atoms with Crippen LogP contribution in [0.2, 0.25) is 15.2 Å². The molecule has 3 rings (SSSR count). The van der Waals surface area contributed by atoms with Gasteiger partial charge in [0.2, 0.25) is 5.91 Å².